The molecule has 0 heterocycles. The number of amides is 3. The zero-order valence-corrected chi connectivity index (χ0v) is 13.5. The van der Waals surface area contributed by atoms with E-state index in [0.29, 0.717) is 0 Å². The summed E-state index contributed by atoms with van der Waals surface area (Å²) in [5.74, 6) is -2.53. The third kappa shape index (κ3) is 4.32. The quantitative estimate of drug-likeness (QED) is 0.415. The van der Waals surface area contributed by atoms with Crippen molar-refractivity contribution in [2.45, 2.75) is 0 Å². The standard InChI is InChI=1S/C16H14N4O6/c1-26-13-7-6-11(20(24)25)8-12(13)19-16(23)15(22)18-10-4-2-9(3-5-10)14(17)21/h2-8H,1H3,(H2,17,21)(H,18,22)(H,19,23). The number of nitro benzene ring substituents is 1. The number of anilines is 2. The lowest BCUT2D eigenvalue weighted by Gasteiger charge is -2.10. The van der Waals surface area contributed by atoms with Crippen LogP contribution >= 0.6 is 0 Å². The summed E-state index contributed by atoms with van der Waals surface area (Å²) < 4.78 is 5.00. The van der Waals surface area contributed by atoms with Crippen LogP contribution in [0, 0.1) is 10.1 Å². The van der Waals surface area contributed by atoms with Gasteiger partial charge < -0.3 is 21.1 Å². The minimum Gasteiger partial charge on any atom is -0.495 e. The molecule has 2 rings (SSSR count). The topological polar surface area (TPSA) is 154 Å². The SMILES string of the molecule is COc1ccc([N+](=O)[O-])cc1NC(=O)C(=O)Nc1ccc(C(N)=O)cc1. The molecule has 4 N–H and O–H groups in total. The Morgan fingerprint density at radius 3 is 2.19 bits per heavy atom. The van der Waals surface area contributed by atoms with E-state index in [4.69, 9.17) is 10.5 Å². The number of nitrogens with two attached hydrogens (primary N) is 1. The number of nitro groups is 1. The van der Waals surface area contributed by atoms with Crippen LogP contribution in [-0.4, -0.2) is 29.8 Å². The molecule has 0 aliphatic heterocycles. The Labute approximate surface area is 147 Å². The maximum Gasteiger partial charge on any atom is 0.314 e. The van der Waals surface area contributed by atoms with Crippen molar-refractivity contribution in [2.24, 2.45) is 5.73 Å². The van der Waals surface area contributed by atoms with Gasteiger partial charge in [0.2, 0.25) is 5.91 Å². The number of nitrogens with one attached hydrogen (secondary N) is 2. The van der Waals surface area contributed by atoms with Crippen molar-refractivity contribution in [1.29, 1.82) is 0 Å². The van der Waals surface area contributed by atoms with E-state index in [2.05, 4.69) is 10.6 Å². The van der Waals surface area contributed by atoms with Gasteiger partial charge in [0.05, 0.1) is 17.7 Å². The van der Waals surface area contributed by atoms with E-state index in [1.165, 1.54) is 43.5 Å². The molecular weight excluding hydrogens is 344 g/mol. The molecule has 0 aliphatic rings. The summed E-state index contributed by atoms with van der Waals surface area (Å²) in [5.41, 5.74) is 5.32. The summed E-state index contributed by atoms with van der Waals surface area (Å²) in [6.07, 6.45) is 0. The second kappa shape index (κ2) is 7.75. The van der Waals surface area contributed by atoms with Crippen molar-refractivity contribution in [3.05, 3.63) is 58.1 Å². The molecule has 0 saturated heterocycles. The second-order valence-corrected chi connectivity index (χ2v) is 4.99. The highest BCUT2D eigenvalue weighted by atomic mass is 16.6. The molecule has 134 valence electrons. The van der Waals surface area contributed by atoms with E-state index < -0.39 is 22.6 Å². The smallest absolute Gasteiger partial charge is 0.314 e. The van der Waals surface area contributed by atoms with Crippen molar-refractivity contribution in [3.8, 4) is 5.75 Å². The van der Waals surface area contributed by atoms with Gasteiger partial charge in [0.1, 0.15) is 5.75 Å². The molecule has 10 nitrogen and oxygen atoms in total. The summed E-state index contributed by atoms with van der Waals surface area (Å²) in [6, 6.07) is 9.16. The highest BCUT2D eigenvalue weighted by molar-refractivity contribution is 6.43. The van der Waals surface area contributed by atoms with Crippen LogP contribution in [0.4, 0.5) is 17.1 Å². The van der Waals surface area contributed by atoms with E-state index >= 15 is 0 Å². The highest BCUT2D eigenvalue weighted by Crippen LogP contribution is 2.28. The van der Waals surface area contributed by atoms with Crippen molar-refractivity contribution in [1.82, 2.24) is 0 Å². The lowest BCUT2D eigenvalue weighted by atomic mass is 10.2. The van der Waals surface area contributed by atoms with E-state index in [9.17, 15) is 24.5 Å². The van der Waals surface area contributed by atoms with Gasteiger partial charge in [-0.05, 0) is 30.3 Å². The van der Waals surface area contributed by atoms with E-state index in [1.807, 2.05) is 0 Å². The number of primary amides is 1. The summed E-state index contributed by atoms with van der Waals surface area (Å²) >= 11 is 0. The highest BCUT2D eigenvalue weighted by Gasteiger charge is 2.18. The van der Waals surface area contributed by atoms with Crippen LogP contribution in [0.1, 0.15) is 10.4 Å². The van der Waals surface area contributed by atoms with Crippen molar-refractivity contribution in [2.75, 3.05) is 17.7 Å². The average molecular weight is 358 g/mol. The predicted octanol–water partition coefficient (Wildman–Crippen LogP) is 1.28. The van der Waals surface area contributed by atoms with Gasteiger partial charge in [-0.15, -0.1) is 0 Å². The van der Waals surface area contributed by atoms with E-state index in [1.54, 1.807) is 0 Å². The first-order chi connectivity index (χ1) is 12.3. The number of nitrogens with zero attached hydrogens (tertiary/aromatic N) is 1. The first kappa shape index (κ1) is 18.4. The van der Waals surface area contributed by atoms with Crippen LogP contribution in [-0.2, 0) is 9.59 Å². The predicted molar refractivity (Wildman–Crippen MR) is 91.9 cm³/mol. The number of benzene rings is 2. The largest absolute Gasteiger partial charge is 0.495 e. The number of rotatable bonds is 5. The first-order valence-corrected chi connectivity index (χ1v) is 7.16. The molecule has 0 bridgehead atoms. The van der Waals surface area contributed by atoms with Crippen LogP contribution < -0.4 is 21.1 Å². The van der Waals surface area contributed by atoms with Gasteiger partial charge >= 0.3 is 11.8 Å². The van der Waals surface area contributed by atoms with Gasteiger partial charge in [0.15, 0.2) is 0 Å². The third-order valence-electron chi connectivity index (χ3n) is 3.28. The maximum atomic E-state index is 12.0. The lowest BCUT2D eigenvalue weighted by Crippen LogP contribution is -2.29. The molecule has 0 radical (unpaired) electrons. The first-order valence-electron chi connectivity index (χ1n) is 7.16. The number of non-ortho nitro benzene ring substituents is 1. The van der Waals surface area contributed by atoms with Gasteiger partial charge in [-0.3, -0.25) is 24.5 Å². The Kier molecular flexibility index (Phi) is 5.48. The molecule has 2 aromatic carbocycles. The fourth-order valence-corrected chi connectivity index (χ4v) is 1.99. The Bertz CT molecular complexity index is 879. The molecule has 0 saturated carbocycles. The van der Waals surface area contributed by atoms with Crippen LogP contribution in [0.3, 0.4) is 0 Å². The van der Waals surface area contributed by atoms with Crippen molar-refractivity contribution >= 4 is 34.8 Å². The van der Waals surface area contributed by atoms with Gasteiger partial charge in [0, 0.05) is 23.4 Å². The molecule has 0 atom stereocenters. The Morgan fingerprint density at radius 2 is 1.65 bits per heavy atom. The van der Waals surface area contributed by atoms with Crippen LogP contribution in [0.2, 0.25) is 0 Å². The minimum absolute atomic E-state index is 0.0223. The Balaban J connectivity index is 2.11. The van der Waals surface area contributed by atoms with Gasteiger partial charge in [-0.2, -0.15) is 0 Å². The van der Waals surface area contributed by atoms with E-state index in [-0.39, 0.29) is 28.4 Å². The molecule has 10 heteroatoms. The summed E-state index contributed by atoms with van der Waals surface area (Å²) in [7, 11) is 1.32. The summed E-state index contributed by atoms with van der Waals surface area (Å²) in [5, 5.41) is 15.4. The fourth-order valence-electron chi connectivity index (χ4n) is 1.99. The summed E-state index contributed by atoms with van der Waals surface area (Å²) in [6.45, 7) is 0. The second-order valence-electron chi connectivity index (χ2n) is 4.99. The van der Waals surface area contributed by atoms with Gasteiger partial charge in [-0.1, -0.05) is 0 Å². The van der Waals surface area contributed by atoms with Crippen molar-refractivity contribution < 1.29 is 24.0 Å². The van der Waals surface area contributed by atoms with Crippen LogP contribution in [0.15, 0.2) is 42.5 Å². The molecule has 0 spiro atoms. The average Bonchev–Trinajstić information content (AvgIpc) is 2.61. The fraction of sp³-hybridized carbons (Fsp3) is 0.0625. The number of hydrogen-bond acceptors (Lipinski definition) is 6. The zero-order chi connectivity index (χ0) is 19.3. The number of hydrogen-bond donors (Lipinski definition) is 3. The van der Waals surface area contributed by atoms with Crippen molar-refractivity contribution in [3.63, 3.8) is 0 Å². The number of ether oxygens (including phenoxy) is 1. The maximum absolute atomic E-state index is 12.0. The molecule has 0 fully saturated rings. The molecule has 3 amide bonds. The minimum atomic E-state index is -1.05. The molecule has 26 heavy (non-hydrogen) atoms. The number of carbonyl (C=O) groups is 3. The Hall–Kier alpha value is -3.95. The van der Waals surface area contributed by atoms with Gasteiger partial charge in [0.25, 0.3) is 5.69 Å². The number of methoxy groups -OCH3 is 1. The lowest BCUT2D eigenvalue weighted by molar-refractivity contribution is -0.384. The van der Waals surface area contributed by atoms with Crippen LogP contribution in [0.5, 0.6) is 5.75 Å². The normalized spacial score (nSPS) is 9.88. The molecular formula is C16H14N4O6. The molecule has 0 aliphatic carbocycles. The summed E-state index contributed by atoms with van der Waals surface area (Å²) in [4.78, 5) is 45.2. The molecule has 0 unspecified atom stereocenters. The Morgan fingerprint density at radius 1 is 1.04 bits per heavy atom. The molecule has 2 aromatic rings. The van der Waals surface area contributed by atoms with Gasteiger partial charge in [-0.25, -0.2) is 0 Å². The number of carbonyl (C=O) groups excluding carboxylic acids is 3. The monoisotopic (exact) mass is 358 g/mol. The van der Waals surface area contributed by atoms with Crippen LogP contribution in [0.25, 0.3) is 0 Å². The zero-order valence-electron chi connectivity index (χ0n) is 13.5. The molecule has 0 aromatic heterocycles. The van der Waals surface area contributed by atoms with E-state index in [0.717, 1.165) is 6.07 Å². The third-order valence-corrected chi connectivity index (χ3v) is 3.28.